The summed E-state index contributed by atoms with van der Waals surface area (Å²) < 4.78 is 1.72. The molecule has 0 N–H and O–H groups in total. The number of hydrogen-bond acceptors (Lipinski definition) is 5. The molecule has 2 heterocycles. The lowest BCUT2D eigenvalue weighted by Gasteiger charge is -2.02. The van der Waals surface area contributed by atoms with Crippen LogP contribution < -0.4 is 0 Å². The lowest BCUT2D eigenvalue weighted by molar-refractivity contribution is -0.385. The molecule has 0 spiro atoms. The summed E-state index contributed by atoms with van der Waals surface area (Å²) in [5, 5.41) is 19.9. The number of rotatable bonds is 4. The Labute approximate surface area is 152 Å². The zero-order valence-electron chi connectivity index (χ0n) is 12.9. The molecule has 7 nitrogen and oxygen atoms in total. The maximum Gasteiger partial charge on any atom is 0.287 e. The Morgan fingerprint density at radius 3 is 2.44 bits per heavy atom. The molecule has 0 saturated carbocycles. The Morgan fingerprint density at radius 2 is 1.84 bits per heavy atom. The first kappa shape index (κ1) is 17.1. The molecule has 0 aliphatic heterocycles. The van der Waals surface area contributed by atoms with Crippen molar-refractivity contribution < 1.29 is 4.92 Å². The van der Waals surface area contributed by atoms with Gasteiger partial charge in [-0.25, -0.2) is 4.98 Å². The fourth-order valence-electron chi connectivity index (χ4n) is 2.16. The van der Waals surface area contributed by atoms with Crippen LogP contribution in [0.3, 0.4) is 0 Å². The first-order chi connectivity index (χ1) is 12.0. The molecule has 0 saturated heterocycles. The molecule has 0 radical (unpaired) electrons. The third-order valence-corrected chi connectivity index (χ3v) is 4.15. The minimum Gasteiger partial charge on any atom is -0.309 e. The van der Waals surface area contributed by atoms with Gasteiger partial charge in [-0.05, 0) is 30.4 Å². The van der Waals surface area contributed by atoms with E-state index in [1.165, 1.54) is 18.3 Å². The van der Waals surface area contributed by atoms with Crippen molar-refractivity contribution in [1.29, 1.82) is 0 Å². The van der Waals surface area contributed by atoms with E-state index in [-0.39, 0.29) is 5.69 Å². The Kier molecular flexibility index (Phi) is 4.78. The summed E-state index contributed by atoms with van der Waals surface area (Å²) in [7, 11) is 1.77. The van der Waals surface area contributed by atoms with Crippen molar-refractivity contribution >= 4 is 41.0 Å². The van der Waals surface area contributed by atoms with Gasteiger partial charge in [0.2, 0.25) is 0 Å². The second-order valence-corrected chi connectivity index (χ2v) is 5.88. The van der Waals surface area contributed by atoms with Gasteiger partial charge in [-0.2, -0.15) is 0 Å². The molecule has 0 amide bonds. The Morgan fingerprint density at radius 1 is 1.12 bits per heavy atom. The van der Waals surface area contributed by atoms with E-state index in [1.807, 2.05) is 0 Å². The van der Waals surface area contributed by atoms with Gasteiger partial charge < -0.3 is 4.57 Å². The SMILES string of the molecule is Cn1c(/C=C/c2c(Cl)cccc2Cl)nnc1-c1ccc([N+](=O)[O-])cn1. The van der Waals surface area contributed by atoms with Crippen LogP contribution in [0.1, 0.15) is 11.4 Å². The maximum absolute atomic E-state index is 10.7. The number of benzene rings is 1. The Bertz CT molecular complexity index is 947. The standard InChI is InChI=1S/C16H11Cl2N5O2/c1-22-15(8-6-11-12(17)3-2-4-13(11)18)20-21-16(22)14-7-5-10(9-19-14)23(24)25/h2-9H,1H3/b8-6+. The monoisotopic (exact) mass is 375 g/mol. The molecular formula is C16H11Cl2N5O2. The van der Waals surface area contributed by atoms with E-state index in [0.717, 1.165) is 0 Å². The first-order valence-electron chi connectivity index (χ1n) is 7.09. The van der Waals surface area contributed by atoms with Crippen molar-refractivity contribution in [3.63, 3.8) is 0 Å². The minimum atomic E-state index is -0.505. The largest absolute Gasteiger partial charge is 0.309 e. The lowest BCUT2D eigenvalue weighted by Crippen LogP contribution is -1.97. The topological polar surface area (TPSA) is 86.7 Å². The number of nitrogens with zero attached hydrogens (tertiary/aromatic N) is 5. The summed E-state index contributed by atoms with van der Waals surface area (Å²) in [5.74, 6) is 1.05. The fraction of sp³-hybridized carbons (Fsp3) is 0.0625. The molecule has 0 unspecified atom stereocenters. The summed E-state index contributed by atoms with van der Waals surface area (Å²) in [4.78, 5) is 14.3. The van der Waals surface area contributed by atoms with Gasteiger partial charge in [0.25, 0.3) is 5.69 Å². The number of pyridine rings is 1. The molecule has 9 heteroatoms. The molecular weight excluding hydrogens is 365 g/mol. The summed E-state index contributed by atoms with van der Waals surface area (Å²) >= 11 is 12.3. The van der Waals surface area contributed by atoms with Crippen LogP contribution in [0.2, 0.25) is 10.0 Å². The lowest BCUT2D eigenvalue weighted by atomic mass is 10.2. The number of halogens is 2. The van der Waals surface area contributed by atoms with Crippen LogP contribution >= 0.6 is 23.2 Å². The maximum atomic E-state index is 10.7. The van der Waals surface area contributed by atoms with E-state index in [2.05, 4.69) is 15.2 Å². The van der Waals surface area contributed by atoms with Gasteiger partial charge in [0.15, 0.2) is 11.6 Å². The number of hydrogen-bond donors (Lipinski definition) is 0. The van der Waals surface area contributed by atoms with Gasteiger partial charge in [-0.1, -0.05) is 29.3 Å². The van der Waals surface area contributed by atoms with E-state index in [4.69, 9.17) is 23.2 Å². The van der Waals surface area contributed by atoms with E-state index in [0.29, 0.717) is 33.0 Å². The molecule has 0 aliphatic rings. The molecule has 0 fully saturated rings. The van der Waals surface area contributed by atoms with Gasteiger partial charge in [0.05, 0.1) is 4.92 Å². The van der Waals surface area contributed by atoms with E-state index >= 15 is 0 Å². The summed E-state index contributed by atoms with van der Waals surface area (Å²) in [6, 6.07) is 8.16. The first-order valence-corrected chi connectivity index (χ1v) is 7.85. The van der Waals surface area contributed by atoms with Crippen molar-refractivity contribution in [3.8, 4) is 11.5 Å². The molecule has 2 aromatic heterocycles. The van der Waals surface area contributed by atoms with Crippen molar-refractivity contribution in [2.75, 3.05) is 0 Å². The summed E-state index contributed by atoms with van der Waals surface area (Å²) in [6.07, 6.45) is 4.67. The zero-order valence-corrected chi connectivity index (χ0v) is 14.4. The average Bonchev–Trinajstić information content (AvgIpc) is 2.95. The van der Waals surface area contributed by atoms with E-state index in [1.54, 1.807) is 42.0 Å². The highest BCUT2D eigenvalue weighted by Crippen LogP contribution is 2.26. The highest BCUT2D eigenvalue weighted by atomic mass is 35.5. The average molecular weight is 376 g/mol. The fourth-order valence-corrected chi connectivity index (χ4v) is 2.69. The van der Waals surface area contributed by atoms with Crippen LogP contribution in [-0.4, -0.2) is 24.7 Å². The molecule has 126 valence electrons. The van der Waals surface area contributed by atoms with Crippen molar-refractivity contribution in [3.05, 3.63) is 68.1 Å². The molecule has 0 bridgehead atoms. The van der Waals surface area contributed by atoms with Crippen LogP contribution in [-0.2, 0) is 7.05 Å². The highest BCUT2D eigenvalue weighted by Gasteiger charge is 2.13. The second kappa shape index (κ2) is 7.00. The third-order valence-electron chi connectivity index (χ3n) is 3.50. The predicted molar refractivity (Wildman–Crippen MR) is 96.3 cm³/mol. The Balaban J connectivity index is 1.91. The molecule has 0 atom stereocenters. The molecule has 25 heavy (non-hydrogen) atoms. The van der Waals surface area contributed by atoms with Crippen molar-refractivity contribution in [2.45, 2.75) is 0 Å². The molecule has 3 rings (SSSR count). The highest BCUT2D eigenvalue weighted by molar-refractivity contribution is 6.37. The van der Waals surface area contributed by atoms with Crippen molar-refractivity contribution in [1.82, 2.24) is 19.7 Å². The second-order valence-electron chi connectivity index (χ2n) is 5.07. The van der Waals surface area contributed by atoms with Crippen LogP contribution in [0.5, 0.6) is 0 Å². The third kappa shape index (κ3) is 3.52. The quantitative estimate of drug-likeness (QED) is 0.502. The van der Waals surface area contributed by atoms with Crippen LogP contribution in [0.15, 0.2) is 36.5 Å². The molecule has 3 aromatic rings. The predicted octanol–water partition coefficient (Wildman–Crippen LogP) is 4.26. The van der Waals surface area contributed by atoms with Gasteiger partial charge in [-0.3, -0.25) is 10.1 Å². The Hall–Kier alpha value is -2.77. The summed E-state index contributed by atoms with van der Waals surface area (Å²) in [5.41, 5.74) is 1.08. The van der Waals surface area contributed by atoms with Gasteiger partial charge >= 0.3 is 0 Å². The minimum absolute atomic E-state index is 0.0839. The van der Waals surface area contributed by atoms with Crippen molar-refractivity contribution in [2.24, 2.45) is 7.05 Å². The van der Waals surface area contributed by atoms with Gasteiger partial charge in [-0.15, -0.1) is 10.2 Å². The van der Waals surface area contributed by atoms with Gasteiger partial charge in [0, 0.05) is 28.7 Å². The van der Waals surface area contributed by atoms with Crippen LogP contribution in [0.25, 0.3) is 23.7 Å². The van der Waals surface area contributed by atoms with E-state index < -0.39 is 4.92 Å². The van der Waals surface area contributed by atoms with Crippen LogP contribution in [0.4, 0.5) is 5.69 Å². The molecule has 1 aromatic carbocycles. The normalized spacial score (nSPS) is 11.2. The number of nitro groups is 1. The zero-order chi connectivity index (χ0) is 18.0. The van der Waals surface area contributed by atoms with Crippen LogP contribution in [0, 0.1) is 10.1 Å². The van der Waals surface area contributed by atoms with Gasteiger partial charge in [0.1, 0.15) is 11.9 Å². The number of aromatic nitrogens is 4. The summed E-state index contributed by atoms with van der Waals surface area (Å²) in [6.45, 7) is 0. The smallest absolute Gasteiger partial charge is 0.287 e. The van der Waals surface area contributed by atoms with E-state index in [9.17, 15) is 10.1 Å². The molecule has 0 aliphatic carbocycles.